The minimum absolute atomic E-state index is 0.0178. The van der Waals surface area contributed by atoms with Crippen LogP contribution in [0.1, 0.15) is 52.7 Å². The Morgan fingerprint density at radius 2 is 1.81 bits per heavy atom. The standard InChI is InChI=1S/C26H33N5O4S/c1-4-36(34,35)28-13-16-30(3)26(33)29-24-17-23(8-5-19(24)2)25(32)31-14-11-22(12-15-31)21-9-6-20(18-27)7-10-21/h5-10,17,22,28H,4,11-16H2,1-3H3,(H,29,33). The number of aryl methyl sites for hydroxylation is 1. The fourth-order valence-corrected chi connectivity index (χ4v) is 4.71. The van der Waals surface area contributed by atoms with Gasteiger partial charge in [0.05, 0.1) is 17.4 Å². The largest absolute Gasteiger partial charge is 0.339 e. The molecule has 2 N–H and O–H groups in total. The average Bonchev–Trinajstić information content (AvgIpc) is 2.89. The van der Waals surface area contributed by atoms with Gasteiger partial charge in [-0.15, -0.1) is 0 Å². The molecule has 1 fully saturated rings. The number of hydrogen-bond donors (Lipinski definition) is 2. The normalized spacial score (nSPS) is 14.2. The maximum Gasteiger partial charge on any atom is 0.321 e. The first kappa shape index (κ1) is 27.2. The molecule has 1 heterocycles. The Morgan fingerprint density at radius 1 is 1.14 bits per heavy atom. The van der Waals surface area contributed by atoms with Gasteiger partial charge in [-0.3, -0.25) is 4.79 Å². The maximum atomic E-state index is 13.2. The van der Waals surface area contributed by atoms with E-state index in [4.69, 9.17) is 5.26 Å². The third-order valence-corrected chi connectivity index (χ3v) is 7.92. The SMILES string of the molecule is CCS(=O)(=O)NCCN(C)C(=O)Nc1cc(C(=O)N2CCC(c3ccc(C#N)cc3)CC2)ccc1C. The summed E-state index contributed by atoms with van der Waals surface area (Å²) in [7, 11) is -1.74. The molecular formula is C26H33N5O4S. The molecule has 192 valence electrons. The molecule has 1 saturated heterocycles. The molecule has 0 saturated carbocycles. The molecule has 2 aromatic rings. The summed E-state index contributed by atoms with van der Waals surface area (Å²) in [6, 6.07) is 14.7. The summed E-state index contributed by atoms with van der Waals surface area (Å²) >= 11 is 0. The Balaban J connectivity index is 1.58. The average molecular weight is 512 g/mol. The number of amides is 3. The van der Waals surface area contributed by atoms with Gasteiger partial charge in [0, 0.05) is 44.5 Å². The molecule has 0 aromatic heterocycles. The van der Waals surface area contributed by atoms with E-state index >= 15 is 0 Å². The van der Waals surface area contributed by atoms with Crippen LogP contribution in [0.15, 0.2) is 42.5 Å². The quantitative estimate of drug-likeness (QED) is 0.563. The Morgan fingerprint density at radius 3 is 2.42 bits per heavy atom. The van der Waals surface area contributed by atoms with Gasteiger partial charge in [0.25, 0.3) is 5.91 Å². The molecule has 0 radical (unpaired) electrons. The van der Waals surface area contributed by atoms with Crippen LogP contribution in [-0.2, 0) is 10.0 Å². The minimum Gasteiger partial charge on any atom is -0.339 e. The minimum atomic E-state index is -3.32. The van der Waals surface area contributed by atoms with Gasteiger partial charge >= 0.3 is 6.03 Å². The summed E-state index contributed by atoms with van der Waals surface area (Å²) in [5.41, 5.74) is 3.69. The van der Waals surface area contributed by atoms with Crippen LogP contribution in [-0.4, -0.2) is 69.1 Å². The number of sulfonamides is 1. The number of carbonyl (C=O) groups is 2. The number of anilines is 1. The molecule has 2 aromatic carbocycles. The van der Waals surface area contributed by atoms with Gasteiger partial charge in [-0.1, -0.05) is 18.2 Å². The van der Waals surface area contributed by atoms with Crippen molar-refractivity contribution in [1.29, 1.82) is 5.26 Å². The second-order valence-corrected chi connectivity index (χ2v) is 11.1. The smallest absolute Gasteiger partial charge is 0.321 e. The zero-order chi connectivity index (χ0) is 26.3. The van der Waals surface area contributed by atoms with Gasteiger partial charge in [0.15, 0.2) is 0 Å². The van der Waals surface area contributed by atoms with E-state index in [-0.39, 0.29) is 30.8 Å². The summed E-state index contributed by atoms with van der Waals surface area (Å²) in [4.78, 5) is 29.0. The second-order valence-electron chi connectivity index (χ2n) is 8.98. The number of carbonyl (C=O) groups excluding carboxylic acids is 2. The van der Waals surface area contributed by atoms with Crippen molar-refractivity contribution in [2.24, 2.45) is 0 Å². The van der Waals surface area contributed by atoms with E-state index < -0.39 is 10.0 Å². The van der Waals surface area contributed by atoms with Crippen LogP contribution in [0.2, 0.25) is 0 Å². The molecule has 36 heavy (non-hydrogen) atoms. The number of nitrogens with zero attached hydrogens (tertiary/aromatic N) is 3. The summed E-state index contributed by atoms with van der Waals surface area (Å²) in [6.45, 7) is 4.99. The first-order valence-electron chi connectivity index (χ1n) is 12.0. The first-order chi connectivity index (χ1) is 17.1. The third kappa shape index (κ3) is 7.06. The van der Waals surface area contributed by atoms with Crippen LogP contribution in [0, 0.1) is 18.3 Å². The van der Waals surface area contributed by atoms with E-state index in [9.17, 15) is 18.0 Å². The topological polar surface area (TPSA) is 123 Å². The van der Waals surface area contributed by atoms with Gasteiger partial charge in [-0.2, -0.15) is 5.26 Å². The van der Waals surface area contributed by atoms with Gasteiger partial charge < -0.3 is 15.1 Å². The van der Waals surface area contributed by atoms with E-state index in [1.165, 1.54) is 10.5 Å². The zero-order valence-corrected chi connectivity index (χ0v) is 21.8. The molecule has 10 heteroatoms. The number of nitrogens with one attached hydrogen (secondary N) is 2. The number of piperidine rings is 1. The van der Waals surface area contributed by atoms with E-state index in [2.05, 4.69) is 16.1 Å². The number of urea groups is 1. The number of benzene rings is 2. The van der Waals surface area contributed by atoms with Crippen LogP contribution in [0.4, 0.5) is 10.5 Å². The highest BCUT2D eigenvalue weighted by atomic mass is 32.2. The predicted molar refractivity (Wildman–Crippen MR) is 139 cm³/mol. The molecule has 9 nitrogen and oxygen atoms in total. The number of nitriles is 1. The van der Waals surface area contributed by atoms with Crippen molar-refractivity contribution in [2.45, 2.75) is 32.6 Å². The molecular weight excluding hydrogens is 478 g/mol. The third-order valence-electron chi connectivity index (χ3n) is 6.52. The first-order valence-corrected chi connectivity index (χ1v) is 13.7. The highest BCUT2D eigenvalue weighted by Gasteiger charge is 2.25. The number of hydrogen-bond acceptors (Lipinski definition) is 5. The van der Waals surface area contributed by atoms with Crippen LogP contribution in [0.3, 0.4) is 0 Å². The fourth-order valence-electron chi connectivity index (χ4n) is 4.10. The highest BCUT2D eigenvalue weighted by Crippen LogP contribution is 2.29. The van der Waals surface area contributed by atoms with Crippen LogP contribution < -0.4 is 10.0 Å². The number of likely N-dealkylation sites (tertiary alicyclic amines) is 1. The molecule has 0 spiro atoms. The van der Waals surface area contributed by atoms with Gasteiger partial charge in [-0.25, -0.2) is 17.9 Å². The van der Waals surface area contributed by atoms with Crippen molar-refractivity contribution in [3.05, 3.63) is 64.7 Å². The Labute approximate surface area is 213 Å². The molecule has 1 aliphatic heterocycles. The summed E-state index contributed by atoms with van der Waals surface area (Å²) in [5.74, 6) is 0.258. The lowest BCUT2D eigenvalue weighted by molar-refractivity contribution is 0.0713. The lowest BCUT2D eigenvalue weighted by Crippen LogP contribution is -2.39. The molecule has 3 amide bonds. The second kappa shape index (κ2) is 12.0. The predicted octanol–water partition coefficient (Wildman–Crippen LogP) is 3.29. The number of likely N-dealkylation sites (N-methyl/N-ethyl adjacent to an activating group) is 1. The Bertz CT molecular complexity index is 1230. The maximum absolute atomic E-state index is 13.2. The van der Waals surface area contributed by atoms with Crippen molar-refractivity contribution in [3.8, 4) is 6.07 Å². The Hall–Kier alpha value is -3.42. The van der Waals surface area contributed by atoms with Crippen molar-refractivity contribution in [3.63, 3.8) is 0 Å². The van der Waals surface area contributed by atoms with E-state index in [0.29, 0.717) is 35.8 Å². The molecule has 0 aliphatic carbocycles. The van der Waals surface area contributed by atoms with Crippen LogP contribution in [0.25, 0.3) is 0 Å². The van der Waals surface area contributed by atoms with Gasteiger partial charge in [0.1, 0.15) is 0 Å². The summed E-state index contributed by atoms with van der Waals surface area (Å²) in [5, 5.41) is 11.8. The van der Waals surface area contributed by atoms with Gasteiger partial charge in [0.2, 0.25) is 10.0 Å². The fraction of sp³-hybridized carbons (Fsp3) is 0.423. The van der Waals surface area contributed by atoms with Gasteiger partial charge in [-0.05, 0) is 68.0 Å². The lowest BCUT2D eigenvalue weighted by Gasteiger charge is -2.32. The van der Waals surface area contributed by atoms with Crippen LogP contribution >= 0.6 is 0 Å². The van der Waals surface area contributed by atoms with E-state index in [0.717, 1.165) is 18.4 Å². The zero-order valence-electron chi connectivity index (χ0n) is 21.0. The van der Waals surface area contributed by atoms with E-state index in [1.807, 2.05) is 42.2 Å². The Kier molecular flexibility index (Phi) is 9.07. The monoisotopic (exact) mass is 511 g/mol. The highest BCUT2D eigenvalue weighted by molar-refractivity contribution is 7.89. The van der Waals surface area contributed by atoms with Crippen molar-refractivity contribution in [2.75, 3.05) is 44.3 Å². The molecule has 1 aliphatic rings. The van der Waals surface area contributed by atoms with Crippen molar-refractivity contribution in [1.82, 2.24) is 14.5 Å². The van der Waals surface area contributed by atoms with Crippen molar-refractivity contribution >= 4 is 27.6 Å². The molecule has 0 unspecified atom stereocenters. The van der Waals surface area contributed by atoms with Crippen molar-refractivity contribution < 1.29 is 18.0 Å². The lowest BCUT2D eigenvalue weighted by atomic mass is 9.89. The van der Waals surface area contributed by atoms with E-state index in [1.54, 1.807) is 26.1 Å². The molecule has 3 rings (SSSR count). The molecule has 0 bridgehead atoms. The van der Waals surface area contributed by atoms with Crippen LogP contribution in [0.5, 0.6) is 0 Å². The summed E-state index contributed by atoms with van der Waals surface area (Å²) < 4.78 is 25.5. The number of rotatable bonds is 8. The summed E-state index contributed by atoms with van der Waals surface area (Å²) in [6.07, 6.45) is 1.69. The molecule has 0 atom stereocenters.